The first-order chi connectivity index (χ1) is 9.79. The van der Waals surface area contributed by atoms with Gasteiger partial charge in [-0.05, 0) is 61.7 Å². The summed E-state index contributed by atoms with van der Waals surface area (Å²) >= 11 is 0. The van der Waals surface area contributed by atoms with E-state index < -0.39 is 10.0 Å². The summed E-state index contributed by atoms with van der Waals surface area (Å²) < 4.78 is 26.7. The fourth-order valence-electron chi connectivity index (χ4n) is 2.14. The molecule has 0 spiro atoms. The number of sulfonamides is 1. The van der Waals surface area contributed by atoms with Crippen molar-refractivity contribution in [2.24, 2.45) is 0 Å². The molecule has 0 atom stereocenters. The third-order valence-electron chi connectivity index (χ3n) is 3.13. The van der Waals surface area contributed by atoms with Gasteiger partial charge in [0.25, 0.3) is 0 Å². The zero-order valence-electron chi connectivity index (χ0n) is 12.4. The van der Waals surface area contributed by atoms with Crippen molar-refractivity contribution in [3.8, 4) is 11.1 Å². The van der Waals surface area contributed by atoms with Crippen molar-refractivity contribution in [1.82, 2.24) is 4.72 Å². The Hall–Kier alpha value is -1.85. The van der Waals surface area contributed by atoms with Crippen LogP contribution >= 0.6 is 0 Å². The predicted octanol–water partition coefficient (Wildman–Crippen LogP) is 2.93. The Bertz CT molecular complexity index is 735. The lowest BCUT2D eigenvalue weighted by molar-refractivity contribution is 0.570. The molecule has 3 N–H and O–H groups in total. The SMILES string of the molecule is Cc1ccc(N)cc1-c1ccc(S(=O)(=O)NC(C)C)cc1. The van der Waals surface area contributed by atoms with Crippen LogP contribution in [0.15, 0.2) is 47.4 Å². The number of nitrogens with one attached hydrogen (secondary N) is 1. The topological polar surface area (TPSA) is 72.2 Å². The summed E-state index contributed by atoms with van der Waals surface area (Å²) in [6.07, 6.45) is 0. The van der Waals surface area contributed by atoms with Crippen molar-refractivity contribution in [2.75, 3.05) is 5.73 Å². The molecule has 0 aliphatic heterocycles. The van der Waals surface area contributed by atoms with E-state index in [1.165, 1.54) is 0 Å². The minimum absolute atomic E-state index is 0.133. The molecule has 21 heavy (non-hydrogen) atoms. The summed E-state index contributed by atoms with van der Waals surface area (Å²) in [5, 5.41) is 0. The van der Waals surface area contributed by atoms with Gasteiger partial charge >= 0.3 is 0 Å². The predicted molar refractivity (Wildman–Crippen MR) is 86.5 cm³/mol. The van der Waals surface area contributed by atoms with E-state index >= 15 is 0 Å². The van der Waals surface area contributed by atoms with Gasteiger partial charge in [-0.15, -0.1) is 0 Å². The van der Waals surface area contributed by atoms with Crippen LogP contribution in [0.1, 0.15) is 19.4 Å². The second-order valence-electron chi connectivity index (χ2n) is 5.37. The number of rotatable bonds is 4. The molecule has 0 saturated heterocycles. The number of hydrogen-bond acceptors (Lipinski definition) is 3. The summed E-state index contributed by atoms with van der Waals surface area (Å²) in [6.45, 7) is 5.59. The lowest BCUT2D eigenvalue weighted by Gasteiger charge is -2.11. The zero-order chi connectivity index (χ0) is 15.6. The van der Waals surface area contributed by atoms with Gasteiger partial charge < -0.3 is 5.73 Å². The molecule has 0 radical (unpaired) electrons. The van der Waals surface area contributed by atoms with E-state index in [4.69, 9.17) is 5.73 Å². The van der Waals surface area contributed by atoms with E-state index in [-0.39, 0.29) is 10.9 Å². The smallest absolute Gasteiger partial charge is 0.240 e. The summed E-state index contributed by atoms with van der Waals surface area (Å²) in [7, 11) is -3.45. The van der Waals surface area contributed by atoms with Crippen molar-refractivity contribution in [1.29, 1.82) is 0 Å². The quantitative estimate of drug-likeness (QED) is 0.853. The maximum Gasteiger partial charge on any atom is 0.240 e. The molecule has 0 aliphatic rings. The summed E-state index contributed by atoms with van der Waals surface area (Å²) in [4.78, 5) is 0.265. The van der Waals surface area contributed by atoms with Crippen LogP contribution in [0.2, 0.25) is 0 Å². The van der Waals surface area contributed by atoms with Crippen LogP contribution in [-0.2, 0) is 10.0 Å². The Balaban J connectivity index is 2.37. The number of nitrogens with two attached hydrogens (primary N) is 1. The Labute approximate surface area is 126 Å². The van der Waals surface area contributed by atoms with Crippen LogP contribution in [0.5, 0.6) is 0 Å². The maximum absolute atomic E-state index is 12.1. The number of benzene rings is 2. The van der Waals surface area contributed by atoms with Crippen molar-refractivity contribution >= 4 is 15.7 Å². The highest BCUT2D eigenvalue weighted by Crippen LogP contribution is 2.26. The van der Waals surface area contributed by atoms with Crippen LogP contribution in [0.25, 0.3) is 11.1 Å². The zero-order valence-corrected chi connectivity index (χ0v) is 13.2. The standard InChI is InChI=1S/C16H20N2O2S/c1-11(2)18-21(19,20)15-8-5-13(6-9-15)16-10-14(17)7-4-12(16)3/h4-11,18H,17H2,1-3H3. The van der Waals surface area contributed by atoms with Gasteiger partial charge in [0.15, 0.2) is 0 Å². The van der Waals surface area contributed by atoms with Crippen LogP contribution in [0.3, 0.4) is 0 Å². The summed E-state index contributed by atoms with van der Waals surface area (Å²) in [5.41, 5.74) is 9.56. The molecule has 0 aliphatic carbocycles. The van der Waals surface area contributed by atoms with Crippen molar-refractivity contribution in [2.45, 2.75) is 31.7 Å². The number of anilines is 1. The highest BCUT2D eigenvalue weighted by Gasteiger charge is 2.15. The number of aryl methyl sites for hydroxylation is 1. The molecule has 0 fully saturated rings. The molecule has 2 aromatic rings. The molecule has 5 heteroatoms. The average Bonchev–Trinajstić information content (AvgIpc) is 2.40. The van der Waals surface area contributed by atoms with Crippen molar-refractivity contribution in [3.05, 3.63) is 48.0 Å². The molecular formula is C16H20N2O2S. The third-order valence-corrected chi connectivity index (χ3v) is 4.80. The van der Waals surface area contributed by atoms with E-state index in [0.29, 0.717) is 5.69 Å². The van der Waals surface area contributed by atoms with Gasteiger partial charge in [0.1, 0.15) is 0 Å². The Morgan fingerprint density at radius 2 is 1.67 bits per heavy atom. The first-order valence-corrected chi connectivity index (χ1v) is 8.27. The molecule has 0 amide bonds. The first kappa shape index (κ1) is 15.5. The fourth-order valence-corrected chi connectivity index (χ4v) is 3.39. The van der Waals surface area contributed by atoms with Crippen molar-refractivity contribution < 1.29 is 8.42 Å². The van der Waals surface area contributed by atoms with Gasteiger partial charge in [0, 0.05) is 11.7 Å². The monoisotopic (exact) mass is 304 g/mol. The molecule has 4 nitrogen and oxygen atoms in total. The van der Waals surface area contributed by atoms with E-state index in [1.807, 2.05) is 25.1 Å². The number of hydrogen-bond donors (Lipinski definition) is 2. The molecule has 0 bridgehead atoms. The van der Waals surface area contributed by atoms with Gasteiger partial charge in [-0.2, -0.15) is 0 Å². The minimum Gasteiger partial charge on any atom is -0.399 e. The first-order valence-electron chi connectivity index (χ1n) is 6.78. The van der Waals surface area contributed by atoms with Gasteiger partial charge in [0.2, 0.25) is 10.0 Å². The molecule has 112 valence electrons. The van der Waals surface area contributed by atoms with Crippen LogP contribution in [0.4, 0.5) is 5.69 Å². The van der Waals surface area contributed by atoms with E-state index in [1.54, 1.807) is 38.1 Å². The van der Waals surface area contributed by atoms with Gasteiger partial charge in [0.05, 0.1) is 4.90 Å². The van der Waals surface area contributed by atoms with Gasteiger partial charge in [-0.3, -0.25) is 0 Å². The molecule has 0 unspecified atom stereocenters. The summed E-state index contributed by atoms with van der Waals surface area (Å²) in [6, 6.07) is 12.4. The van der Waals surface area contributed by atoms with E-state index in [9.17, 15) is 8.42 Å². The Kier molecular flexibility index (Phi) is 4.34. The van der Waals surface area contributed by atoms with Gasteiger partial charge in [-0.1, -0.05) is 18.2 Å². The van der Waals surface area contributed by atoms with Gasteiger partial charge in [-0.25, -0.2) is 13.1 Å². The van der Waals surface area contributed by atoms with Crippen LogP contribution < -0.4 is 10.5 Å². The largest absolute Gasteiger partial charge is 0.399 e. The normalized spacial score (nSPS) is 11.8. The van der Waals surface area contributed by atoms with E-state index in [2.05, 4.69) is 4.72 Å². The Morgan fingerprint density at radius 3 is 2.24 bits per heavy atom. The highest BCUT2D eigenvalue weighted by atomic mass is 32.2. The second kappa shape index (κ2) is 5.87. The molecule has 0 aromatic heterocycles. The van der Waals surface area contributed by atoms with Crippen LogP contribution in [0, 0.1) is 6.92 Å². The minimum atomic E-state index is -3.45. The molecule has 2 aromatic carbocycles. The fraction of sp³-hybridized carbons (Fsp3) is 0.250. The van der Waals surface area contributed by atoms with Crippen molar-refractivity contribution in [3.63, 3.8) is 0 Å². The average molecular weight is 304 g/mol. The summed E-state index contributed by atoms with van der Waals surface area (Å²) in [5.74, 6) is 0. The highest BCUT2D eigenvalue weighted by molar-refractivity contribution is 7.89. The third kappa shape index (κ3) is 3.62. The number of nitrogen functional groups attached to an aromatic ring is 1. The Morgan fingerprint density at radius 1 is 1.05 bits per heavy atom. The lowest BCUT2D eigenvalue weighted by Crippen LogP contribution is -2.30. The maximum atomic E-state index is 12.1. The molecule has 0 heterocycles. The molecule has 2 rings (SSSR count). The molecular weight excluding hydrogens is 284 g/mol. The lowest BCUT2D eigenvalue weighted by atomic mass is 10.0. The molecule has 0 saturated carbocycles. The van der Waals surface area contributed by atoms with E-state index in [0.717, 1.165) is 16.7 Å². The van der Waals surface area contributed by atoms with Crippen LogP contribution in [-0.4, -0.2) is 14.5 Å². The second-order valence-corrected chi connectivity index (χ2v) is 7.09.